The highest BCUT2D eigenvalue weighted by molar-refractivity contribution is 7.05. The van der Waals surface area contributed by atoms with E-state index in [2.05, 4.69) is 21.4 Å². The third kappa shape index (κ3) is 2.03. The summed E-state index contributed by atoms with van der Waals surface area (Å²) in [7, 11) is 0. The molecule has 0 radical (unpaired) electrons. The van der Waals surface area contributed by atoms with Crippen LogP contribution < -0.4 is 0 Å². The van der Waals surface area contributed by atoms with Crippen LogP contribution in [0.25, 0.3) is 0 Å². The van der Waals surface area contributed by atoms with E-state index in [0.717, 1.165) is 10.6 Å². The van der Waals surface area contributed by atoms with E-state index in [9.17, 15) is 5.11 Å². The van der Waals surface area contributed by atoms with Gasteiger partial charge in [0, 0.05) is 6.42 Å². The normalized spacial score (nSPS) is 11.9. The molecule has 3 nitrogen and oxygen atoms in total. The van der Waals surface area contributed by atoms with E-state index in [4.69, 9.17) is 0 Å². The second-order valence-corrected chi connectivity index (χ2v) is 3.15. The van der Waals surface area contributed by atoms with Crippen molar-refractivity contribution in [1.29, 1.82) is 0 Å². The lowest BCUT2D eigenvalue weighted by Gasteiger charge is -2.02. The zero-order chi connectivity index (χ0) is 8.97. The molecular formula is C8H10N2OS. The molecule has 0 spiro atoms. The molecular weight excluding hydrogens is 172 g/mol. The number of rotatable bonds is 2. The Hall–Kier alpha value is -0.920. The average Bonchev–Trinajstić information content (AvgIpc) is 2.47. The molecule has 0 saturated heterocycles. The lowest BCUT2D eigenvalue weighted by atomic mass is 10.2. The number of nitrogens with zero attached hydrogens (tertiary/aromatic N) is 2. The molecule has 0 aromatic carbocycles. The number of hydrogen-bond acceptors (Lipinski definition) is 4. The van der Waals surface area contributed by atoms with Crippen molar-refractivity contribution in [3.63, 3.8) is 0 Å². The van der Waals surface area contributed by atoms with Crippen molar-refractivity contribution in [3.05, 3.63) is 10.6 Å². The topological polar surface area (TPSA) is 46.0 Å². The van der Waals surface area contributed by atoms with Crippen LogP contribution in [-0.4, -0.2) is 14.7 Å². The van der Waals surface area contributed by atoms with E-state index >= 15 is 0 Å². The largest absolute Gasteiger partial charge is 0.386 e. The van der Waals surface area contributed by atoms with Gasteiger partial charge in [-0.1, -0.05) is 4.49 Å². The summed E-state index contributed by atoms with van der Waals surface area (Å²) in [6.45, 7) is 3.59. The van der Waals surface area contributed by atoms with Crippen molar-refractivity contribution in [2.24, 2.45) is 0 Å². The molecule has 1 aromatic heterocycles. The first-order chi connectivity index (χ1) is 5.75. The second kappa shape index (κ2) is 4.19. The van der Waals surface area contributed by atoms with E-state index in [-0.39, 0.29) is 0 Å². The maximum absolute atomic E-state index is 9.55. The standard InChI is InChI=1S/C8H10N2OS/c1-3-4-5-7(11)8-6(2)9-10-12-8/h7,11H,5H2,1-2H3. The van der Waals surface area contributed by atoms with Gasteiger partial charge in [0.1, 0.15) is 6.10 Å². The van der Waals surface area contributed by atoms with E-state index in [1.165, 1.54) is 11.5 Å². The van der Waals surface area contributed by atoms with Crippen LogP contribution in [0, 0.1) is 18.8 Å². The van der Waals surface area contributed by atoms with Gasteiger partial charge in [0.15, 0.2) is 0 Å². The first-order valence-electron chi connectivity index (χ1n) is 3.62. The summed E-state index contributed by atoms with van der Waals surface area (Å²) in [4.78, 5) is 0.817. The van der Waals surface area contributed by atoms with E-state index in [1.807, 2.05) is 6.92 Å². The zero-order valence-electron chi connectivity index (χ0n) is 7.03. The van der Waals surface area contributed by atoms with Crippen LogP contribution in [0.4, 0.5) is 0 Å². The van der Waals surface area contributed by atoms with E-state index in [1.54, 1.807) is 6.92 Å². The Bertz CT molecular complexity index is 310. The molecule has 4 heteroatoms. The van der Waals surface area contributed by atoms with Gasteiger partial charge in [-0.15, -0.1) is 16.9 Å². The average molecular weight is 182 g/mol. The summed E-state index contributed by atoms with van der Waals surface area (Å²) < 4.78 is 3.73. The predicted octanol–water partition coefficient (Wildman–Crippen LogP) is 1.29. The van der Waals surface area contributed by atoms with Crippen molar-refractivity contribution in [1.82, 2.24) is 9.59 Å². The summed E-state index contributed by atoms with van der Waals surface area (Å²) in [5, 5.41) is 13.4. The summed E-state index contributed by atoms with van der Waals surface area (Å²) >= 11 is 1.23. The van der Waals surface area contributed by atoms with Crippen molar-refractivity contribution < 1.29 is 5.11 Å². The van der Waals surface area contributed by atoms with Crippen molar-refractivity contribution in [2.75, 3.05) is 0 Å². The Morgan fingerprint density at radius 3 is 2.92 bits per heavy atom. The van der Waals surface area contributed by atoms with Crippen LogP contribution in [0.3, 0.4) is 0 Å². The van der Waals surface area contributed by atoms with Crippen LogP contribution in [0.1, 0.15) is 30.0 Å². The Balaban J connectivity index is 2.68. The highest BCUT2D eigenvalue weighted by Crippen LogP contribution is 2.21. The quantitative estimate of drug-likeness (QED) is 0.701. The molecule has 12 heavy (non-hydrogen) atoms. The predicted molar refractivity (Wildman–Crippen MR) is 47.7 cm³/mol. The molecule has 1 heterocycles. The molecule has 0 aliphatic rings. The second-order valence-electron chi connectivity index (χ2n) is 2.37. The fraction of sp³-hybridized carbons (Fsp3) is 0.500. The molecule has 1 rings (SSSR count). The van der Waals surface area contributed by atoms with Gasteiger partial charge in [-0.25, -0.2) is 0 Å². The number of aliphatic hydroxyl groups is 1. The van der Waals surface area contributed by atoms with Gasteiger partial charge in [-0.2, -0.15) is 0 Å². The van der Waals surface area contributed by atoms with Gasteiger partial charge in [-0.3, -0.25) is 0 Å². The zero-order valence-corrected chi connectivity index (χ0v) is 7.85. The third-order valence-corrected chi connectivity index (χ3v) is 2.39. The Morgan fingerprint density at radius 2 is 2.42 bits per heavy atom. The van der Waals surface area contributed by atoms with Gasteiger partial charge < -0.3 is 5.11 Å². The van der Waals surface area contributed by atoms with Crippen LogP contribution in [0.5, 0.6) is 0 Å². The van der Waals surface area contributed by atoms with Gasteiger partial charge in [0.05, 0.1) is 10.6 Å². The van der Waals surface area contributed by atoms with Crippen molar-refractivity contribution >= 4 is 11.5 Å². The molecule has 64 valence electrons. The maximum Gasteiger partial charge on any atom is 0.103 e. The highest BCUT2D eigenvalue weighted by atomic mass is 32.1. The van der Waals surface area contributed by atoms with Crippen LogP contribution in [-0.2, 0) is 0 Å². The number of aliphatic hydroxyl groups excluding tert-OH is 1. The van der Waals surface area contributed by atoms with E-state index in [0.29, 0.717) is 6.42 Å². The van der Waals surface area contributed by atoms with E-state index < -0.39 is 6.10 Å². The molecule has 0 saturated carbocycles. The first kappa shape index (κ1) is 9.17. The monoisotopic (exact) mass is 182 g/mol. The highest BCUT2D eigenvalue weighted by Gasteiger charge is 2.12. The minimum Gasteiger partial charge on any atom is -0.386 e. The molecule has 1 unspecified atom stereocenters. The molecule has 1 aromatic rings. The maximum atomic E-state index is 9.55. The van der Waals surface area contributed by atoms with Crippen LogP contribution in [0.15, 0.2) is 0 Å². The smallest absolute Gasteiger partial charge is 0.103 e. The molecule has 0 amide bonds. The van der Waals surface area contributed by atoms with Gasteiger partial charge in [0.25, 0.3) is 0 Å². The Kier molecular flexibility index (Phi) is 3.20. The van der Waals surface area contributed by atoms with Crippen molar-refractivity contribution in [2.45, 2.75) is 26.4 Å². The lowest BCUT2D eigenvalue weighted by molar-refractivity contribution is 0.187. The minimum absolute atomic E-state index is 0.460. The molecule has 0 bridgehead atoms. The minimum atomic E-state index is -0.530. The summed E-state index contributed by atoms with van der Waals surface area (Å²) in [6.07, 6.45) is -0.0706. The number of aryl methyl sites for hydroxylation is 1. The fourth-order valence-electron chi connectivity index (χ4n) is 0.834. The van der Waals surface area contributed by atoms with Crippen molar-refractivity contribution in [3.8, 4) is 11.8 Å². The van der Waals surface area contributed by atoms with Gasteiger partial charge in [-0.05, 0) is 25.4 Å². The number of hydrogen-bond donors (Lipinski definition) is 1. The van der Waals surface area contributed by atoms with Gasteiger partial charge in [0.2, 0.25) is 0 Å². The fourth-order valence-corrected chi connectivity index (χ4v) is 1.46. The summed E-state index contributed by atoms with van der Waals surface area (Å²) in [5.74, 6) is 5.55. The first-order valence-corrected chi connectivity index (χ1v) is 4.39. The van der Waals surface area contributed by atoms with Gasteiger partial charge >= 0.3 is 0 Å². The third-order valence-electron chi connectivity index (χ3n) is 1.46. The SMILES string of the molecule is CC#CCC(O)c1snnc1C. The van der Waals surface area contributed by atoms with Crippen LogP contribution >= 0.6 is 11.5 Å². The molecule has 0 aliphatic carbocycles. The number of aromatic nitrogens is 2. The lowest BCUT2D eigenvalue weighted by Crippen LogP contribution is -1.94. The van der Waals surface area contributed by atoms with Crippen LogP contribution in [0.2, 0.25) is 0 Å². The molecule has 0 fully saturated rings. The molecule has 1 N–H and O–H groups in total. The summed E-state index contributed by atoms with van der Waals surface area (Å²) in [5.41, 5.74) is 0.797. The summed E-state index contributed by atoms with van der Waals surface area (Å²) in [6, 6.07) is 0. The Labute approximate surface area is 75.6 Å². The molecule has 1 atom stereocenters. The Morgan fingerprint density at radius 1 is 1.67 bits per heavy atom. The molecule has 0 aliphatic heterocycles.